The lowest BCUT2D eigenvalue weighted by Gasteiger charge is -2.12. The van der Waals surface area contributed by atoms with Gasteiger partial charge in [0.25, 0.3) is 0 Å². The molecule has 0 N–H and O–H groups in total. The van der Waals surface area contributed by atoms with Crippen LogP contribution in [0.4, 0.5) is 0 Å². The third-order valence-electron chi connectivity index (χ3n) is 2.71. The topological polar surface area (TPSA) is 42.2 Å². The van der Waals surface area contributed by atoms with Crippen molar-refractivity contribution in [2.45, 2.75) is 13.5 Å². The third-order valence-corrected chi connectivity index (χ3v) is 3.08. The number of rotatable bonds is 5. The molecular weight excluding hydrogens is 274 g/mol. The Balaban J connectivity index is 2.17. The molecule has 102 valence electrons. The van der Waals surface area contributed by atoms with Gasteiger partial charge < -0.3 is 9.47 Å². The highest BCUT2D eigenvalue weighted by Crippen LogP contribution is 2.29. The van der Waals surface area contributed by atoms with Crippen molar-refractivity contribution < 1.29 is 9.47 Å². The van der Waals surface area contributed by atoms with Gasteiger partial charge in [0.05, 0.1) is 18.2 Å². The molecule has 0 aliphatic carbocycles. The summed E-state index contributed by atoms with van der Waals surface area (Å²) in [6.45, 7) is 2.75. The molecule has 0 aromatic heterocycles. The zero-order valence-corrected chi connectivity index (χ0v) is 11.9. The Bertz CT molecular complexity index is 635. The highest BCUT2D eigenvalue weighted by atomic mass is 35.5. The van der Waals surface area contributed by atoms with E-state index in [1.807, 2.05) is 31.2 Å². The first kappa shape index (κ1) is 14.2. The van der Waals surface area contributed by atoms with Crippen molar-refractivity contribution in [1.29, 1.82) is 5.26 Å². The van der Waals surface area contributed by atoms with Crippen molar-refractivity contribution in [2.75, 3.05) is 6.61 Å². The molecule has 0 aliphatic rings. The lowest BCUT2D eigenvalue weighted by atomic mass is 10.2. The van der Waals surface area contributed by atoms with Crippen molar-refractivity contribution in [3.8, 4) is 17.6 Å². The number of ether oxygens (including phenoxy) is 2. The van der Waals surface area contributed by atoms with Crippen LogP contribution in [0.5, 0.6) is 11.5 Å². The molecule has 0 aliphatic heterocycles. The van der Waals surface area contributed by atoms with Crippen LogP contribution in [0.3, 0.4) is 0 Å². The zero-order valence-electron chi connectivity index (χ0n) is 11.1. The molecule has 2 aromatic rings. The van der Waals surface area contributed by atoms with Crippen LogP contribution in [-0.4, -0.2) is 6.61 Å². The van der Waals surface area contributed by atoms with Crippen molar-refractivity contribution in [2.24, 2.45) is 0 Å². The second-order valence-electron chi connectivity index (χ2n) is 4.09. The van der Waals surface area contributed by atoms with Crippen molar-refractivity contribution in [3.63, 3.8) is 0 Å². The fraction of sp³-hybridized carbons (Fsp3) is 0.188. The molecule has 0 atom stereocenters. The molecule has 0 spiro atoms. The molecule has 0 fully saturated rings. The Morgan fingerprint density at radius 1 is 1.10 bits per heavy atom. The van der Waals surface area contributed by atoms with Crippen LogP contribution in [0, 0.1) is 11.3 Å². The van der Waals surface area contributed by atoms with Crippen molar-refractivity contribution >= 4 is 11.6 Å². The number of hydrogen-bond donors (Lipinski definition) is 0. The van der Waals surface area contributed by atoms with Gasteiger partial charge in [-0.05, 0) is 25.1 Å². The van der Waals surface area contributed by atoms with E-state index in [2.05, 4.69) is 6.07 Å². The van der Waals surface area contributed by atoms with E-state index < -0.39 is 0 Å². The molecule has 20 heavy (non-hydrogen) atoms. The Morgan fingerprint density at radius 3 is 2.60 bits per heavy atom. The fourth-order valence-corrected chi connectivity index (χ4v) is 1.93. The molecule has 0 amide bonds. The van der Waals surface area contributed by atoms with Gasteiger partial charge in [-0.3, -0.25) is 0 Å². The normalized spacial score (nSPS) is 9.85. The minimum absolute atomic E-state index is 0.353. The lowest BCUT2D eigenvalue weighted by molar-refractivity contribution is 0.269. The first-order chi connectivity index (χ1) is 9.74. The zero-order chi connectivity index (χ0) is 14.4. The molecule has 0 saturated heterocycles. The van der Waals surface area contributed by atoms with Gasteiger partial charge in [-0.25, -0.2) is 0 Å². The Hall–Kier alpha value is -2.18. The molecule has 0 unspecified atom stereocenters. The van der Waals surface area contributed by atoms with Crippen molar-refractivity contribution in [3.05, 3.63) is 58.6 Å². The fourth-order valence-electron chi connectivity index (χ4n) is 1.74. The van der Waals surface area contributed by atoms with E-state index in [1.165, 1.54) is 0 Å². The van der Waals surface area contributed by atoms with Gasteiger partial charge in [-0.15, -0.1) is 0 Å². The highest BCUT2D eigenvalue weighted by molar-refractivity contribution is 6.31. The molecule has 0 bridgehead atoms. The monoisotopic (exact) mass is 287 g/mol. The van der Waals surface area contributed by atoms with Gasteiger partial charge in [0, 0.05) is 16.7 Å². The quantitative estimate of drug-likeness (QED) is 0.828. The molecule has 4 heteroatoms. The van der Waals surface area contributed by atoms with Crippen LogP contribution in [0.1, 0.15) is 18.1 Å². The number of halogens is 1. The average molecular weight is 288 g/mol. The number of benzene rings is 2. The van der Waals surface area contributed by atoms with Crippen LogP contribution in [0.25, 0.3) is 0 Å². The molecule has 3 nitrogen and oxygen atoms in total. The summed E-state index contributed by atoms with van der Waals surface area (Å²) in [6.07, 6.45) is 0. The van der Waals surface area contributed by atoms with Gasteiger partial charge in [0.2, 0.25) is 0 Å². The number of nitrogens with zero attached hydrogens (tertiary/aromatic N) is 1. The van der Waals surface area contributed by atoms with Crippen LogP contribution in [0.2, 0.25) is 5.02 Å². The maximum Gasteiger partial charge on any atom is 0.162 e. The summed E-state index contributed by atoms with van der Waals surface area (Å²) in [4.78, 5) is 0. The smallest absolute Gasteiger partial charge is 0.162 e. The largest absolute Gasteiger partial charge is 0.490 e. The Kier molecular flexibility index (Phi) is 4.86. The first-order valence-corrected chi connectivity index (χ1v) is 6.65. The predicted octanol–water partition coefficient (Wildman–Crippen LogP) is 4.19. The molecule has 0 radical (unpaired) electrons. The summed E-state index contributed by atoms with van der Waals surface area (Å²) < 4.78 is 11.2. The maximum absolute atomic E-state index is 8.90. The highest BCUT2D eigenvalue weighted by Gasteiger charge is 2.08. The SMILES string of the molecule is CCOc1cc(C#N)ccc1OCc1ccccc1Cl. The minimum atomic E-state index is 0.353. The van der Waals surface area contributed by atoms with E-state index in [0.717, 1.165) is 5.56 Å². The van der Waals surface area contributed by atoms with Gasteiger partial charge in [-0.2, -0.15) is 5.26 Å². The predicted molar refractivity (Wildman–Crippen MR) is 78.1 cm³/mol. The Labute approximate surface area is 123 Å². The van der Waals surface area contributed by atoms with E-state index in [1.54, 1.807) is 18.2 Å². The minimum Gasteiger partial charge on any atom is -0.490 e. The van der Waals surface area contributed by atoms with Gasteiger partial charge in [0.15, 0.2) is 11.5 Å². The van der Waals surface area contributed by atoms with Gasteiger partial charge in [0.1, 0.15) is 6.61 Å². The maximum atomic E-state index is 8.90. The first-order valence-electron chi connectivity index (χ1n) is 6.27. The van der Waals surface area contributed by atoms with E-state index >= 15 is 0 Å². The standard InChI is InChI=1S/C16H14ClNO2/c1-2-19-16-9-12(10-18)7-8-15(16)20-11-13-5-3-4-6-14(13)17/h3-9H,2,11H2,1H3. The van der Waals surface area contributed by atoms with E-state index in [0.29, 0.717) is 35.3 Å². The second kappa shape index (κ2) is 6.83. The molecule has 0 heterocycles. The van der Waals surface area contributed by atoms with Gasteiger partial charge >= 0.3 is 0 Å². The summed E-state index contributed by atoms with van der Waals surface area (Å²) in [7, 11) is 0. The summed E-state index contributed by atoms with van der Waals surface area (Å²) in [5, 5.41) is 9.57. The summed E-state index contributed by atoms with van der Waals surface area (Å²) >= 11 is 6.08. The van der Waals surface area contributed by atoms with Gasteiger partial charge in [-0.1, -0.05) is 29.8 Å². The summed E-state index contributed by atoms with van der Waals surface area (Å²) in [6, 6.07) is 14.7. The van der Waals surface area contributed by atoms with Crippen LogP contribution in [0.15, 0.2) is 42.5 Å². The average Bonchev–Trinajstić information content (AvgIpc) is 2.47. The van der Waals surface area contributed by atoms with E-state index in [-0.39, 0.29) is 0 Å². The lowest BCUT2D eigenvalue weighted by Crippen LogP contribution is -2.00. The number of hydrogen-bond acceptors (Lipinski definition) is 3. The van der Waals surface area contributed by atoms with E-state index in [9.17, 15) is 0 Å². The van der Waals surface area contributed by atoms with Crippen molar-refractivity contribution in [1.82, 2.24) is 0 Å². The summed E-state index contributed by atoms with van der Waals surface area (Å²) in [5.41, 5.74) is 1.44. The van der Waals surface area contributed by atoms with Crippen LogP contribution >= 0.6 is 11.6 Å². The Morgan fingerprint density at radius 2 is 1.90 bits per heavy atom. The van der Waals surface area contributed by atoms with Crippen LogP contribution in [-0.2, 0) is 6.61 Å². The van der Waals surface area contributed by atoms with Crippen LogP contribution < -0.4 is 9.47 Å². The second-order valence-corrected chi connectivity index (χ2v) is 4.49. The molecule has 2 aromatic carbocycles. The molecule has 2 rings (SSSR count). The summed E-state index contributed by atoms with van der Waals surface area (Å²) in [5.74, 6) is 1.17. The molecule has 0 saturated carbocycles. The number of nitriles is 1. The molecular formula is C16H14ClNO2. The third kappa shape index (κ3) is 3.43. The van der Waals surface area contributed by atoms with E-state index in [4.69, 9.17) is 26.3 Å².